The number of aryl methyl sites for hydroxylation is 1. The van der Waals surface area contributed by atoms with Crippen molar-refractivity contribution in [3.05, 3.63) is 71.1 Å². The molecule has 2 aromatic heterocycles. The maximum absolute atomic E-state index is 14.0. The Morgan fingerprint density at radius 1 is 1.19 bits per heavy atom. The van der Waals surface area contributed by atoms with E-state index in [1.807, 2.05) is 18.2 Å². The first-order valence-corrected chi connectivity index (χ1v) is 11.0. The van der Waals surface area contributed by atoms with Crippen molar-refractivity contribution in [3.63, 3.8) is 0 Å². The van der Waals surface area contributed by atoms with Gasteiger partial charge in [-0.05, 0) is 61.4 Å². The van der Waals surface area contributed by atoms with Gasteiger partial charge in [0.1, 0.15) is 5.82 Å². The summed E-state index contributed by atoms with van der Waals surface area (Å²) < 4.78 is 27.4. The summed E-state index contributed by atoms with van der Waals surface area (Å²) in [6, 6.07) is 9.73. The number of carbonyl (C=O) groups excluding carboxylic acids is 1. The Labute approximate surface area is 186 Å². The Morgan fingerprint density at radius 2 is 2.00 bits per heavy atom. The molecule has 0 unspecified atom stereocenters. The lowest BCUT2D eigenvalue weighted by atomic mass is 9.90. The summed E-state index contributed by atoms with van der Waals surface area (Å²) >= 11 is 0. The van der Waals surface area contributed by atoms with Crippen LogP contribution in [-0.4, -0.2) is 39.1 Å². The fourth-order valence-electron chi connectivity index (χ4n) is 4.14. The van der Waals surface area contributed by atoms with Crippen LogP contribution >= 0.6 is 0 Å². The van der Waals surface area contributed by atoms with Crippen molar-refractivity contribution in [2.45, 2.75) is 39.0 Å². The topological polar surface area (TPSA) is 73.9 Å². The van der Waals surface area contributed by atoms with Gasteiger partial charge in [-0.25, -0.2) is 13.8 Å². The van der Waals surface area contributed by atoms with E-state index in [0.717, 1.165) is 61.1 Å². The molecule has 168 valence electrons. The molecule has 6 nitrogen and oxygen atoms in total. The van der Waals surface area contributed by atoms with Gasteiger partial charge >= 0.3 is 0 Å². The molecule has 1 aromatic carbocycles. The third kappa shape index (κ3) is 5.12. The van der Waals surface area contributed by atoms with Gasteiger partial charge in [-0.1, -0.05) is 19.4 Å². The van der Waals surface area contributed by atoms with Gasteiger partial charge < -0.3 is 10.2 Å². The van der Waals surface area contributed by atoms with Crippen LogP contribution < -0.4 is 5.32 Å². The Morgan fingerprint density at radius 3 is 2.78 bits per heavy atom. The maximum atomic E-state index is 14.0. The fourth-order valence-corrected chi connectivity index (χ4v) is 4.14. The number of anilines is 2. The Hall–Kier alpha value is -3.29. The quantitative estimate of drug-likeness (QED) is 0.551. The van der Waals surface area contributed by atoms with E-state index >= 15 is 0 Å². The Bertz CT molecular complexity index is 1080. The molecular formula is C24H27F2N5O. The first-order chi connectivity index (χ1) is 15.5. The van der Waals surface area contributed by atoms with E-state index in [-0.39, 0.29) is 5.56 Å². The van der Waals surface area contributed by atoms with Crippen LogP contribution in [0.3, 0.4) is 0 Å². The molecule has 1 saturated heterocycles. The molecule has 3 heterocycles. The number of carbonyl (C=O) groups is 1. The van der Waals surface area contributed by atoms with E-state index in [0.29, 0.717) is 19.0 Å². The Balaban J connectivity index is 1.32. The van der Waals surface area contributed by atoms with Crippen molar-refractivity contribution in [2.24, 2.45) is 5.92 Å². The molecule has 0 bridgehead atoms. The summed E-state index contributed by atoms with van der Waals surface area (Å²) in [5.41, 5.74) is 2.05. The first-order valence-electron chi connectivity index (χ1n) is 11.0. The second kappa shape index (κ2) is 9.89. The smallest absolute Gasteiger partial charge is 0.256 e. The third-order valence-electron chi connectivity index (χ3n) is 5.84. The number of piperidine rings is 1. The van der Waals surface area contributed by atoms with Crippen LogP contribution in [-0.2, 0) is 12.8 Å². The SMILES string of the molecule is CCCc1cc(Nc2cc(CC3CCN(C(=O)c4cccc(F)c4F)CC3)ccn2)n[nH]1. The molecule has 0 saturated carbocycles. The number of hydrogen-bond donors (Lipinski definition) is 2. The average Bonchev–Trinajstić information content (AvgIpc) is 3.23. The minimum absolute atomic E-state index is 0.200. The maximum Gasteiger partial charge on any atom is 0.256 e. The minimum Gasteiger partial charge on any atom is -0.339 e. The summed E-state index contributed by atoms with van der Waals surface area (Å²) in [7, 11) is 0. The zero-order chi connectivity index (χ0) is 22.5. The monoisotopic (exact) mass is 439 g/mol. The number of hydrogen-bond acceptors (Lipinski definition) is 4. The van der Waals surface area contributed by atoms with E-state index in [1.54, 1.807) is 11.1 Å². The molecule has 1 aliphatic heterocycles. The number of nitrogens with zero attached hydrogens (tertiary/aromatic N) is 3. The standard InChI is InChI=1S/C24H27F2N5O/c1-2-4-18-15-22(30-29-18)28-21-14-17(7-10-27-21)13-16-8-11-31(12-9-16)24(32)19-5-3-6-20(25)23(19)26/h3,5-7,10,14-16H,2,4,8-9,11-13H2,1H3,(H2,27,28,29,30). The highest BCUT2D eigenvalue weighted by Crippen LogP contribution is 2.25. The molecule has 3 aromatic rings. The largest absolute Gasteiger partial charge is 0.339 e. The van der Waals surface area contributed by atoms with Gasteiger partial charge in [-0.2, -0.15) is 5.10 Å². The van der Waals surface area contributed by atoms with E-state index in [9.17, 15) is 13.6 Å². The normalized spacial score (nSPS) is 14.5. The number of rotatable bonds is 7. The summed E-state index contributed by atoms with van der Waals surface area (Å²) in [4.78, 5) is 18.6. The zero-order valence-electron chi connectivity index (χ0n) is 18.1. The molecule has 0 aliphatic carbocycles. The number of amides is 1. The molecule has 32 heavy (non-hydrogen) atoms. The van der Waals surface area contributed by atoms with Gasteiger partial charge in [0.25, 0.3) is 5.91 Å². The molecule has 2 N–H and O–H groups in total. The van der Waals surface area contributed by atoms with Crippen LogP contribution in [0.5, 0.6) is 0 Å². The van der Waals surface area contributed by atoms with E-state index in [2.05, 4.69) is 27.4 Å². The predicted octanol–water partition coefficient (Wildman–Crippen LogP) is 4.87. The Kier molecular flexibility index (Phi) is 6.78. The lowest BCUT2D eigenvalue weighted by Crippen LogP contribution is -2.39. The molecule has 1 aliphatic rings. The fraction of sp³-hybridized carbons (Fsp3) is 0.375. The number of benzene rings is 1. The van der Waals surface area contributed by atoms with E-state index in [1.165, 1.54) is 12.1 Å². The summed E-state index contributed by atoms with van der Waals surface area (Å²) in [6.07, 6.45) is 6.28. The van der Waals surface area contributed by atoms with Crippen molar-refractivity contribution in [3.8, 4) is 0 Å². The van der Waals surface area contributed by atoms with Gasteiger partial charge in [0.2, 0.25) is 0 Å². The highest BCUT2D eigenvalue weighted by Gasteiger charge is 2.26. The summed E-state index contributed by atoms with van der Waals surface area (Å²) in [5.74, 6) is -0.620. The first kappa shape index (κ1) is 21.9. The van der Waals surface area contributed by atoms with Crippen molar-refractivity contribution < 1.29 is 13.6 Å². The zero-order valence-corrected chi connectivity index (χ0v) is 18.1. The molecule has 1 amide bonds. The number of halogens is 2. The minimum atomic E-state index is -1.07. The van der Waals surface area contributed by atoms with Crippen molar-refractivity contribution in [1.29, 1.82) is 0 Å². The van der Waals surface area contributed by atoms with Crippen LogP contribution in [0.15, 0.2) is 42.6 Å². The predicted molar refractivity (Wildman–Crippen MR) is 119 cm³/mol. The van der Waals surface area contributed by atoms with Crippen LogP contribution in [0.1, 0.15) is 47.8 Å². The summed E-state index contributed by atoms with van der Waals surface area (Å²) in [5, 5.41) is 10.5. The molecule has 4 rings (SSSR count). The number of aromatic nitrogens is 3. The van der Waals surface area contributed by atoms with Gasteiger partial charge in [-0.15, -0.1) is 0 Å². The van der Waals surface area contributed by atoms with Crippen LogP contribution in [0.4, 0.5) is 20.4 Å². The van der Waals surface area contributed by atoms with Gasteiger partial charge in [-0.3, -0.25) is 9.89 Å². The average molecular weight is 440 g/mol. The lowest BCUT2D eigenvalue weighted by molar-refractivity contribution is 0.0684. The molecule has 1 fully saturated rings. The lowest BCUT2D eigenvalue weighted by Gasteiger charge is -2.32. The second-order valence-electron chi connectivity index (χ2n) is 8.24. The number of nitrogens with one attached hydrogen (secondary N) is 2. The molecule has 8 heteroatoms. The van der Waals surface area contributed by atoms with Crippen molar-refractivity contribution in [1.82, 2.24) is 20.1 Å². The molecule has 0 spiro atoms. The van der Waals surface area contributed by atoms with Gasteiger partial charge in [0.15, 0.2) is 17.5 Å². The van der Waals surface area contributed by atoms with Crippen molar-refractivity contribution >= 4 is 17.5 Å². The van der Waals surface area contributed by atoms with Crippen LogP contribution in [0.2, 0.25) is 0 Å². The van der Waals surface area contributed by atoms with E-state index in [4.69, 9.17) is 0 Å². The van der Waals surface area contributed by atoms with Crippen LogP contribution in [0, 0.1) is 17.6 Å². The van der Waals surface area contributed by atoms with Gasteiger partial charge in [0, 0.05) is 31.0 Å². The number of pyridine rings is 1. The number of aromatic amines is 1. The highest BCUT2D eigenvalue weighted by atomic mass is 19.2. The van der Waals surface area contributed by atoms with Gasteiger partial charge in [0.05, 0.1) is 5.56 Å². The third-order valence-corrected chi connectivity index (χ3v) is 5.84. The molecule has 0 radical (unpaired) electrons. The molecule has 0 atom stereocenters. The second-order valence-corrected chi connectivity index (χ2v) is 8.24. The molecular weight excluding hydrogens is 412 g/mol. The van der Waals surface area contributed by atoms with Crippen LogP contribution in [0.25, 0.3) is 0 Å². The van der Waals surface area contributed by atoms with Crippen molar-refractivity contribution in [2.75, 3.05) is 18.4 Å². The number of H-pyrrole nitrogens is 1. The summed E-state index contributed by atoms with van der Waals surface area (Å²) in [6.45, 7) is 3.19. The van der Waals surface area contributed by atoms with E-state index < -0.39 is 17.5 Å². The highest BCUT2D eigenvalue weighted by molar-refractivity contribution is 5.94. The number of likely N-dealkylation sites (tertiary alicyclic amines) is 1.